The van der Waals surface area contributed by atoms with Crippen LogP contribution >= 0.6 is 0 Å². The molecule has 2 N–H and O–H groups in total. The number of rotatable bonds is 4. The summed E-state index contributed by atoms with van der Waals surface area (Å²) in [6, 6.07) is -0.398. The molecule has 0 heterocycles. The number of likely N-dealkylation sites (N-methyl/N-ethyl adjacent to an activating group) is 1. The molecule has 0 amide bonds. The quantitative estimate of drug-likeness (QED) is 0.582. The lowest BCUT2D eigenvalue weighted by Crippen LogP contribution is -2.42. The van der Waals surface area contributed by atoms with Crippen molar-refractivity contribution in [2.75, 3.05) is 7.05 Å². The molecular formula is C7H15NO2. The van der Waals surface area contributed by atoms with Crippen molar-refractivity contribution in [2.45, 2.75) is 32.4 Å². The minimum Gasteiger partial charge on any atom is -0.391 e. The maximum atomic E-state index is 11.0. The molecule has 2 atom stereocenters. The number of aliphatic hydroxyl groups excluding tert-OH is 1. The Balaban J connectivity index is 3.93. The summed E-state index contributed by atoms with van der Waals surface area (Å²) >= 11 is 0. The molecule has 3 nitrogen and oxygen atoms in total. The van der Waals surface area contributed by atoms with E-state index in [1.165, 1.54) is 0 Å². The highest BCUT2D eigenvalue weighted by molar-refractivity contribution is 5.84. The van der Waals surface area contributed by atoms with Crippen LogP contribution < -0.4 is 5.32 Å². The third kappa shape index (κ3) is 2.45. The van der Waals surface area contributed by atoms with Crippen LogP contribution in [0.1, 0.15) is 20.3 Å². The van der Waals surface area contributed by atoms with Crippen molar-refractivity contribution in [3.05, 3.63) is 0 Å². The van der Waals surface area contributed by atoms with Gasteiger partial charge in [-0.15, -0.1) is 0 Å². The van der Waals surface area contributed by atoms with Gasteiger partial charge in [-0.25, -0.2) is 0 Å². The number of hydrogen-bond donors (Lipinski definition) is 2. The first-order valence-electron chi connectivity index (χ1n) is 3.51. The molecule has 0 aliphatic carbocycles. The summed E-state index contributed by atoms with van der Waals surface area (Å²) in [6.07, 6.45) is -0.131. The second-order valence-electron chi connectivity index (χ2n) is 2.33. The number of ketones is 1. The maximum absolute atomic E-state index is 11.0. The van der Waals surface area contributed by atoms with Crippen molar-refractivity contribution in [1.29, 1.82) is 0 Å². The van der Waals surface area contributed by atoms with Gasteiger partial charge in [-0.2, -0.15) is 0 Å². The van der Waals surface area contributed by atoms with Crippen molar-refractivity contribution in [1.82, 2.24) is 5.32 Å². The number of carbonyl (C=O) groups excluding carboxylic acids is 1. The third-order valence-corrected chi connectivity index (χ3v) is 1.49. The van der Waals surface area contributed by atoms with Crippen LogP contribution in [-0.2, 0) is 4.79 Å². The molecule has 0 spiro atoms. The topological polar surface area (TPSA) is 49.3 Å². The summed E-state index contributed by atoms with van der Waals surface area (Å²) in [6.45, 7) is 3.39. The summed E-state index contributed by atoms with van der Waals surface area (Å²) in [5.41, 5.74) is 0. The van der Waals surface area contributed by atoms with Gasteiger partial charge < -0.3 is 10.4 Å². The summed E-state index contributed by atoms with van der Waals surface area (Å²) < 4.78 is 0. The average Bonchev–Trinajstić information content (AvgIpc) is 1.88. The summed E-state index contributed by atoms with van der Waals surface area (Å²) in [4.78, 5) is 11.0. The van der Waals surface area contributed by atoms with E-state index in [1.807, 2.05) is 0 Å². The largest absolute Gasteiger partial charge is 0.391 e. The van der Waals surface area contributed by atoms with E-state index in [0.717, 1.165) is 0 Å². The molecule has 3 heteroatoms. The number of carbonyl (C=O) groups is 1. The first-order valence-corrected chi connectivity index (χ1v) is 3.51. The highest BCUT2D eigenvalue weighted by Gasteiger charge is 2.18. The summed E-state index contributed by atoms with van der Waals surface area (Å²) in [5, 5.41) is 11.8. The fraction of sp³-hybridized carbons (Fsp3) is 0.857. The Kier molecular flexibility index (Phi) is 4.23. The van der Waals surface area contributed by atoms with Crippen molar-refractivity contribution < 1.29 is 9.90 Å². The molecule has 60 valence electrons. The van der Waals surface area contributed by atoms with Crippen LogP contribution in [-0.4, -0.2) is 30.1 Å². The van der Waals surface area contributed by atoms with E-state index in [9.17, 15) is 4.79 Å². The average molecular weight is 145 g/mol. The van der Waals surface area contributed by atoms with E-state index in [2.05, 4.69) is 5.32 Å². The Morgan fingerprint density at radius 2 is 2.20 bits per heavy atom. The van der Waals surface area contributed by atoms with Gasteiger partial charge in [0.15, 0.2) is 5.78 Å². The van der Waals surface area contributed by atoms with Gasteiger partial charge in [-0.1, -0.05) is 6.92 Å². The molecule has 0 saturated carbocycles. The van der Waals surface area contributed by atoms with E-state index < -0.39 is 12.1 Å². The Hall–Kier alpha value is -0.410. The van der Waals surface area contributed by atoms with Gasteiger partial charge in [0.05, 0.1) is 12.1 Å². The molecule has 0 bridgehead atoms. The van der Waals surface area contributed by atoms with Crippen molar-refractivity contribution in [3.8, 4) is 0 Å². The second-order valence-corrected chi connectivity index (χ2v) is 2.33. The molecule has 0 saturated heterocycles. The number of Topliss-reactive ketones (excluding diaryl/α,β-unsaturated/α-hetero) is 1. The Morgan fingerprint density at radius 3 is 2.30 bits per heavy atom. The second kappa shape index (κ2) is 4.41. The molecule has 0 aromatic rings. The summed E-state index contributed by atoms with van der Waals surface area (Å²) in [5.74, 6) is 0.0532. The first kappa shape index (κ1) is 9.59. The molecule has 0 aromatic heterocycles. The van der Waals surface area contributed by atoms with Crippen molar-refractivity contribution in [2.24, 2.45) is 0 Å². The molecule has 0 aliphatic heterocycles. The zero-order valence-corrected chi connectivity index (χ0v) is 6.72. The normalized spacial score (nSPS) is 16.4. The standard InChI is InChI=1S/C7H15NO2/c1-4-6(10)7(8-3)5(2)9/h5,7-9H,4H2,1-3H3/t5-,7+/m1/s1. The van der Waals surface area contributed by atoms with Crippen LogP contribution in [0.2, 0.25) is 0 Å². The Bertz CT molecular complexity index is 112. The zero-order valence-electron chi connectivity index (χ0n) is 6.72. The van der Waals surface area contributed by atoms with E-state index in [-0.39, 0.29) is 5.78 Å². The van der Waals surface area contributed by atoms with Gasteiger partial charge in [0.2, 0.25) is 0 Å². The Morgan fingerprint density at radius 1 is 1.70 bits per heavy atom. The van der Waals surface area contributed by atoms with Crippen molar-refractivity contribution >= 4 is 5.78 Å². The SMILES string of the molecule is CCC(=O)[C@@H](NC)[C@@H](C)O. The highest BCUT2D eigenvalue weighted by Crippen LogP contribution is 1.96. The lowest BCUT2D eigenvalue weighted by Gasteiger charge is -2.16. The number of hydrogen-bond acceptors (Lipinski definition) is 3. The molecule has 0 radical (unpaired) electrons. The van der Waals surface area contributed by atoms with Gasteiger partial charge in [0.1, 0.15) is 0 Å². The molecule has 0 fully saturated rings. The molecule has 0 aromatic carbocycles. The molecule has 0 unspecified atom stereocenters. The first-order chi connectivity index (χ1) is 4.63. The van der Waals surface area contributed by atoms with Gasteiger partial charge in [0, 0.05) is 6.42 Å². The minimum atomic E-state index is -0.600. The zero-order chi connectivity index (χ0) is 8.15. The van der Waals surface area contributed by atoms with E-state index in [1.54, 1.807) is 20.9 Å². The maximum Gasteiger partial charge on any atom is 0.152 e. The fourth-order valence-electron chi connectivity index (χ4n) is 0.891. The predicted octanol–water partition coefficient (Wildman–Crippen LogP) is -0.0657. The van der Waals surface area contributed by atoms with Gasteiger partial charge in [-0.3, -0.25) is 4.79 Å². The number of nitrogens with one attached hydrogen (secondary N) is 1. The van der Waals surface area contributed by atoms with E-state index >= 15 is 0 Å². The van der Waals surface area contributed by atoms with E-state index in [4.69, 9.17) is 5.11 Å². The van der Waals surface area contributed by atoms with Crippen LogP contribution in [0.5, 0.6) is 0 Å². The lowest BCUT2D eigenvalue weighted by atomic mass is 10.1. The highest BCUT2D eigenvalue weighted by atomic mass is 16.3. The van der Waals surface area contributed by atoms with Crippen LogP contribution in [0.4, 0.5) is 0 Å². The van der Waals surface area contributed by atoms with Crippen LogP contribution in [0, 0.1) is 0 Å². The number of aliphatic hydroxyl groups is 1. The van der Waals surface area contributed by atoms with E-state index in [0.29, 0.717) is 6.42 Å². The third-order valence-electron chi connectivity index (χ3n) is 1.49. The summed E-state index contributed by atoms with van der Waals surface area (Å²) in [7, 11) is 1.67. The predicted molar refractivity (Wildman–Crippen MR) is 39.8 cm³/mol. The monoisotopic (exact) mass is 145 g/mol. The molecule has 0 rings (SSSR count). The van der Waals surface area contributed by atoms with Crippen LogP contribution in [0.25, 0.3) is 0 Å². The van der Waals surface area contributed by atoms with Gasteiger partial charge >= 0.3 is 0 Å². The smallest absolute Gasteiger partial charge is 0.152 e. The molecular weight excluding hydrogens is 130 g/mol. The van der Waals surface area contributed by atoms with Crippen LogP contribution in [0.15, 0.2) is 0 Å². The van der Waals surface area contributed by atoms with Crippen molar-refractivity contribution in [3.63, 3.8) is 0 Å². The van der Waals surface area contributed by atoms with Gasteiger partial charge in [0.25, 0.3) is 0 Å². The van der Waals surface area contributed by atoms with Crippen LogP contribution in [0.3, 0.4) is 0 Å². The molecule has 0 aliphatic rings. The van der Waals surface area contributed by atoms with Gasteiger partial charge in [-0.05, 0) is 14.0 Å². The minimum absolute atomic E-state index is 0.0532. The Labute approximate surface area is 61.4 Å². The fourth-order valence-corrected chi connectivity index (χ4v) is 0.891. The molecule has 10 heavy (non-hydrogen) atoms. The lowest BCUT2D eigenvalue weighted by molar-refractivity contribution is -0.122.